The Kier molecular flexibility index (Phi) is 4.60. The summed E-state index contributed by atoms with van der Waals surface area (Å²) >= 11 is 0. The van der Waals surface area contributed by atoms with Gasteiger partial charge in [-0.25, -0.2) is 4.79 Å². The Balaban J connectivity index is 1.50. The van der Waals surface area contributed by atoms with Gasteiger partial charge in [-0.05, 0) is 31.6 Å². The molecule has 1 spiro atoms. The Morgan fingerprint density at radius 1 is 1.22 bits per heavy atom. The van der Waals surface area contributed by atoms with Gasteiger partial charge in [0.25, 0.3) is 5.91 Å². The third-order valence-electron chi connectivity index (χ3n) is 5.72. The fourth-order valence-electron chi connectivity index (χ4n) is 4.22. The van der Waals surface area contributed by atoms with E-state index in [1.807, 2.05) is 0 Å². The second kappa shape index (κ2) is 6.49. The van der Waals surface area contributed by atoms with Crippen LogP contribution in [0.5, 0.6) is 0 Å². The van der Waals surface area contributed by atoms with Crippen LogP contribution in [0.2, 0.25) is 0 Å². The molecule has 1 aliphatic heterocycles. The quantitative estimate of drug-likeness (QED) is 0.777. The lowest BCUT2D eigenvalue weighted by Gasteiger charge is -2.29. The molecule has 0 aromatic rings. The molecule has 3 rings (SSSR count). The van der Waals surface area contributed by atoms with E-state index in [1.165, 1.54) is 11.3 Å². The van der Waals surface area contributed by atoms with E-state index in [9.17, 15) is 14.4 Å². The lowest BCUT2D eigenvalue weighted by Crippen LogP contribution is -2.45. The zero-order chi connectivity index (χ0) is 16.4. The van der Waals surface area contributed by atoms with Gasteiger partial charge in [0.2, 0.25) is 5.91 Å². The van der Waals surface area contributed by atoms with E-state index in [-0.39, 0.29) is 36.9 Å². The molecule has 128 valence electrons. The van der Waals surface area contributed by atoms with Gasteiger partial charge in [0.05, 0.1) is 0 Å². The van der Waals surface area contributed by atoms with Crippen molar-refractivity contribution in [1.82, 2.24) is 15.5 Å². The van der Waals surface area contributed by atoms with Crippen LogP contribution in [-0.2, 0) is 9.59 Å². The number of nitrogens with zero attached hydrogens (tertiary/aromatic N) is 1. The van der Waals surface area contributed by atoms with E-state index in [2.05, 4.69) is 17.6 Å². The number of imide groups is 1. The van der Waals surface area contributed by atoms with Crippen LogP contribution in [0.3, 0.4) is 0 Å². The highest BCUT2D eigenvalue weighted by molar-refractivity contribution is 6.07. The van der Waals surface area contributed by atoms with Crippen molar-refractivity contribution in [1.29, 1.82) is 0 Å². The number of carbonyl (C=O) groups is 3. The first-order chi connectivity index (χ1) is 11.0. The summed E-state index contributed by atoms with van der Waals surface area (Å²) in [6.07, 6.45) is 8.15. The molecule has 2 N–H and O–H groups in total. The molecule has 0 aromatic heterocycles. The standard InChI is InChI=1S/C17H27N3O3/c1-12-6-2-3-7-13(12)18-14(21)8-11-20-15(22)17(19-16(20)23)9-4-5-10-17/h12-13H,2-11H2,1H3,(H,18,21)(H,19,23). The van der Waals surface area contributed by atoms with Gasteiger partial charge >= 0.3 is 6.03 Å². The van der Waals surface area contributed by atoms with Crippen molar-refractivity contribution in [2.24, 2.45) is 5.92 Å². The van der Waals surface area contributed by atoms with E-state index in [1.54, 1.807) is 0 Å². The van der Waals surface area contributed by atoms with Crippen molar-refractivity contribution in [2.75, 3.05) is 6.54 Å². The fourth-order valence-corrected chi connectivity index (χ4v) is 4.22. The summed E-state index contributed by atoms with van der Waals surface area (Å²) in [6, 6.07) is -0.101. The zero-order valence-electron chi connectivity index (χ0n) is 13.9. The number of hydrogen-bond acceptors (Lipinski definition) is 3. The highest BCUT2D eigenvalue weighted by Gasteiger charge is 2.52. The molecule has 3 aliphatic rings. The normalized spacial score (nSPS) is 29.9. The number of hydrogen-bond donors (Lipinski definition) is 2. The minimum Gasteiger partial charge on any atom is -0.353 e. The summed E-state index contributed by atoms with van der Waals surface area (Å²) in [4.78, 5) is 38.0. The summed E-state index contributed by atoms with van der Waals surface area (Å²) < 4.78 is 0. The maximum Gasteiger partial charge on any atom is 0.325 e. The summed E-state index contributed by atoms with van der Waals surface area (Å²) in [7, 11) is 0. The maximum absolute atomic E-state index is 12.5. The van der Waals surface area contributed by atoms with Gasteiger partial charge in [0.1, 0.15) is 5.54 Å². The Morgan fingerprint density at radius 3 is 2.61 bits per heavy atom. The van der Waals surface area contributed by atoms with Gasteiger partial charge in [-0.3, -0.25) is 14.5 Å². The van der Waals surface area contributed by atoms with Crippen molar-refractivity contribution in [3.63, 3.8) is 0 Å². The van der Waals surface area contributed by atoms with Crippen LogP contribution in [-0.4, -0.2) is 40.9 Å². The number of carbonyl (C=O) groups excluding carboxylic acids is 3. The van der Waals surface area contributed by atoms with Crippen LogP contribution >= 0.6 is 0 Å². The average molecular weight is 321 g/mol. The molecule has 6 nitrogen and oxygen atoms in total. The fraction of sp³-hybridized carbons (Fsp3) is 0.824. The molecule has 0 bridgehead atoms. The molecule has 3 fully saturated rings. The maximum atomic E-state index is 12.5. The summed E-state index contributed by atoms with van der Waals surface area (Å²) in [5.74, 6) is 0.307. The summed E-state index contributed by atoms with van der Waals surface area (Å²) in [5, 5.41) is 5.92. The number of nitrogens with one attached hydrogen (secondary N) is 2. The minimum absolute atomic E-state index is 0.0586. The number of amides is 4. The van der Waals surface area contributed by atoms with E-state index in [0.717, 1.165) is 44.9 Å². The largest absolute Gasteiger partial charge is 0.353 e. The average Bonchev–Trinajstić information content (AvgIpc) is 3.07. The molecule has 0 aromatic carbocycles. The van der Waals surface area contributed by atoms with Gasteiger partial charge in [0, 0.05) is 19.0 Å². The molecule has 0 radical (unpaired) electrons. The first-order valence-corrected chi connectivity index (χ1v) is 8.95. The zero-order valence-corrected chi connectivity index (χ0v) is 13.9. The smallest absolute Gasteiger partial charge is 0.325 e. The van der Waals surface area contributed by atoms with E-state index in [0.29, 0.717) is 5.92 Å². The van der Waals surface area contributed by atoms with Crippen LogP contribution in [0.15, 0.2) is 0 Å². The molecular formula is C17H27N3O3. The molecule has 2 aliphatic carbocycles. The molecule has 23 heavy (non-hydrogen) atoms. The molecule has 1 heterocycles. The van der Waals surface area contributed by atoms with Gasteiger partial charge in [0.15, 0.2) is 0 Å². The van der Waals surface area contributed by atoms with Crippen LogP contribution in [0.1, 0.15) is 64.7 Å². The van der Waals surface area contributed by atoms with E-state index < -0.39 is 5.54 Å². The highest BCUT2D eigenvalue weighted by Crippen LogP contribution is 2.35. The van der Waals surface area contributed by atoms with Gasteiger partial charge in [-0.2, -0.15) is 0 Å². The lowest BCUT2D eigenvalue weighted by molar-refractivity contribution is -0.131. The van der Waals surface area contributed by atoms with Crippen molar-refractivity contribution >= 4 is 17.8 Å². The number of urea groups is 1. The van der Waals surface area contributed by atoms with Crippen molar-refractivity contribution in [3.8, 4) is 0 Å². The van der Waals surface area contributed by atoms with Crippen molar-refractivity contribution in [3.05, 3.63) is 0 Å². The lowest BCUT2D eigenvalue weighted by atomic mass is 9.86. The first-order valence-electron chi connectivity index (χ1n) is 8.95. The van der Waals surface area contributed by atoms with Crippen molar-refractivity contribution < 1.29 is 14.4 Å². The summed E-state index contributed by atoms with van der Waals surface area (Å²) in [5.41, 5.74) is -0.675. The van der Waals surface area contributed by atoms with Crippen LogP contribution in [0, 0.1) is 5.92 Å². The molecule has 2 unspecified atom stereocenters. The van der Waals surface area contributed by atoms with Gasteiger partial charge in [-0.15, -0.1) is 0 Å². The first kappa shape index (κ1) is 16.3. The monoisotopic (exact) mass is 321 g/mol. The van der Waals surface area contributed by atoms with Crippen LogP contribution in [0.4, 0.5) is 4.79 Å². The predicted octanol–water partition coefficient (Wildman–Crippen LogP) is 1.94. The van der Waals surface area contributed by atoms with E-state index >= 15 is 0 Å². The Bertz CT molecular complexity index is 499. The van der Waals surface area contributed by atoms with Crippen LogP contribution in [0.25, 0.3) is 0 Å². The molecule has 2 saturated carbocycles. The predicted molar refractivity (Wildman–Crippen MR) is 85.6 cm³/mol. The Labute approximate surface area is 137 Å². The van der Waals surface area contributed by atoms with E-state index in [4.69, 9.17) is 0 Å². The highest BCUT2D eigenvalue weighted by atomic mass is 16.2. The topological polar surface area (TPSA) is 78.5 Å². The summed E-state index contributed by atoms with van der Waals surface area (Å²) in [6.45, 7) is 2.35. The molecular weight excluding hydrogens is 294 g/mol. The second-order valence-corrected chi connectivity index (χ2v) is 7.36. The minimum atomic E-state index is -0.675. The Morgan fingerprint density at radius 2 is 1.91 bits per heavy atom. The Hall–Kier alpha value is -1.59. The third kappa shape index (κ3) is 3.21. The molecule has 1 saturated heterocycles. The molecule has 6 heteroatoms. The van der Waals surface area contributed by atoms with Gasteiger partial charge < -0.3 is 10.6 Å². The van der Waals surface area contributed by atoms with Crippen molar-refractivity contribution in [2.45, 2.75) is 76.3 Å². The molecule has 2 atom stereocenters. The molecule has 4 amide bonds. The SMILES string of the molecule is CC1CCCCC1NC(=O)CCN1C(=O)NC2(CCCC2)C1=O. The third-order valence-corrected chi connectivity index (χ3v) is 5.72. The number of rotatable bonds is 4. The second-order valence-electron chi connectivity index (χ2n) is 7.36. The van der Waals surface area contributed by atoms with Crippen LogP contribution < -0.4 is 10.6 Å². The van der Waals surface area contributed by atoms with Gasteiger partial charge in [-0.1, -0.05) is 32.6 Å².